The molecule has 0 bridgehead atoms. The third-order valence-electron chi connectivity index (χ3n) is 6.98. The molecule has 1 unspecified atom stereocenters. The number of amides is 1. The Kier molecular flexibility index (Phi) is 9.21. The molecule has 2 N–H and O–H groups in total. The number of nitrogens with one attached hydrogen (secondary N) is 2. The molecule has 1 aliphatic carbocycles. The second-order valence-electron chi connectivity index (χ2n) is 9.64. The topological polar surface area (TPSA) is 93.1 Å². The van der Waals surface area contributed by atoms with Gasteiger partial charge in [-0.2, -0.15) is 18.3 Å². The van der Waals surface area contributed by atoms with Gasteiger partial charge in [-0.15, -0.1) is 0 Å². The Morgan fingerprint density at radius 2 is 1.86 bits per heavy atom. The minimum Gasteiger partial charge on any atom is -0.374 e. The Morgan fingerprint density at radius 3 is 2.41 bits per heavy atom. The first kappa shape index (κ1) is 29.3. The number of anilines is 1. The van der Waals surface area contributed by atoms with Crippen LogP contribution in [0.2, 0.25) is 5.02 Å². The summed E-state index contributed by atoms with van der Waals surface area (Å²) in [6.45, 7) is 5.65. The predicted octanol–water partition coefficient (Wildman–Crippen LogP) is 5.48. The van der Waals surface area contributed by atoms with Gasteiger partial charge in [-0.05, 0) is 69.6 Å². The van der Waals surface area contributed by atoms with Gasteiger partial charge >= 0.3 is 6.18 Å². The number of aromatic nitrogens is 2. The summed E-state index contributed by atoms with van der Waals surface area (Å²) in [6.07, 6.45) is 0.0303. The van der Waals surface area contributed by atoms with Gasteiger partial charge in [-0.1, -0.05) is 24.6 Å². The zero-order chi connectivity index (χ0) is 27.5. The van der Waals surface area contributed by atoms with Crippen LogP contribution < -0.4 is 10.6 Å². The fraction of sp³-hybridized carbons (Fsp3) is 0.600. The van der Waals surface area contributed by atoms with Crippen molar-refractivity contribution in [1.82, 2.24) is 15.1 Å². The van der Waals surface area contributed by atoms with E-state index in [0.717, 1.165) is 12.5 Å². The standard InChI is InChI=1S/C25H34ClF3N4O3S/c1-5-17-13-18(31-15(3)25(27,28)29)9-12-20(17)23-21(26)22(32-33(23)6-2)24(34)30-14-16-7-10-19(11-8-16)37(4,35)36/h9,12-13,15-16,19,31H,5-8,10-11,14H2,1-4H3,(H,30,34). The lowest BCUT2D eigenvalue weighted by atomic mass is 9.89. The minimum absolute atomic E-state index is 0.0817. The monoisotopic (exact) mass is 562 g/mol. The van der Waals surface area contributed by atoms with Crippen molar-refractivity contribution in [3.05, 3.63) is 34.5 Å². The maximum atomic E-state index is 13.0. The molecule has 12 heteroatoms. The first-order valence-corrected chi connectivity index (χ1v) is 14.8. The smallest absolute Gasteiger partial charge is 0.374 e. The SMILES string of the molecule is CCc1cc(NC(C)C(F)(F)F)ccc1-c1c(Cl)c(C(=O)NCC2CCC(S(C)(=O)=O)CC2)nn1CC. The van der Waals surface area contributed by atoms with Crippen molar-refractivity contribution >= 4 is 33.0 Å². The van der Waals surface area contributed by atoms with Gasteiger partial charge in [-0.3, -0.25) is 9.48 Å². The predicted molar refractivity (Wildman–Crippen MR) is 140 cm³/mol. The molecule has 0 spiro atoms. The summed E-state index contributed by atoms with van der Waals surface area (Å²) in [7, 11) is -3.05. The van der Waals surface area contributed by atoms with Crippen molar-refractivity contribution in [3.8, 4) is 11.3 Å². The maximum absolute atomic E-state index is 13.0. The van der Waals surface area contributed by atoms with Gasteiger partial charge in [0.1, 0.15) is 15.9 Å². The van der Waals surface area contributed by atoms with Crippen molar-refractivity contribution in [2.24, 2.45) is 5.92 Å². The van der Waals surface area contributed by atoms with Crippen LogP contribution in [-0.4, -0.2) is 54.4 Å². The first-order valence-electron chi connectivity index (χ1n) is 12.5. The number of carbonyl (C=O) groups is 1. The third kappa shape index (κ3) is 6.98. The number of hydrogen-bond donors (Lipinski definition) is 2. The molecule has 1 atom stereocenters. The van der Waals surface area contributed by atoms with Gasteiger partial charge in [0.2, 0.25) is 0 Å². The van der Waals surface area contributed by atoms with E-state index in [1.54, 1.807) is 22.9 Å². The molecule has 1 amide bonds. The number of sulfone groups is 1. The zero-order valence-electron chi connectivity index (χ0n) is 21.5. The molecule has 0 aliphatic heterocycles. The van der Waals surface area contributed by atoms with E-state index < -0.39 is 28.0 Å². The van der Waals surface area contributed by atoms with Crippen LogP contribution in [0.25, 0.3) is 11.3 Å². The molecule has 1 saturated carbocycles. The molecule has 1 aliphatic rings. The van der Waals surface area contributed by atoms with Crippen molar-refractivity contribution in [3.63, 3.8) is 0 Å². The lowest BCUT2D eigenvalue weighted by Crippen LogP contribution is -2.34. The van der Waals surface area contributed by atoms with Crippen molar-refractivity contribution in [1.29, 1.82) is 0 Å². The molecule has 206 valence electrons. The summed E-state index contributed by atoms with van der Waals surface area (Å²) in [5.41, 5.74) is 2.43. The van der Waals surface area contributed by atoms with Gasteiger partial charge in [0.25, 0.3) is 5.91 Å². The molecule has 2 aromatic rings. The van der Waals surface area contributed by atoms with Crippen molar-refractivity contribution in [2.75, 3.05) is 18.1 Å². The maximum Gasteiger partial charge on any atom is 0.408 e. The van der Waals surface area contributed by atoms with E-state index in [-0.39, 0.29) is 21.9 Å². The molecular weight excluding hydrogens is 529 g/mol. The second kappa shape index (κ2) is 11.6. The van der Waals surface area contributed by atoms with Crippen LogP contribution in [0.5, 0.6) is 0 Å². The Bertz CT molecular complexity index is 1220. The molecule has 1 heterocycles. The summed E-state index contributed by atoms with van der Waals surface area (Å²) in [4.78, 5) is 13.0. The van der Waals surface area contributed by atoms with Crippen LogP contribution >= 0.6 is 11.6 Å². The summed E-state index contributed by atoms with van der Waals surface area (Å²) < 4.78 is 64.1. The quantitative estimate of drug-likeness (QED) is 0.422. The van der Waals surface area contributed by atoms with E-state index in [4.69, 9.17) is 11.6 Å². The fourth-order valence-electron chi connectivity index (χ4n) is 4.70. The fourth-order valence-corrected chi connectivity index (χ4v) is 6.15. The van der Waals surface area contributed by atoms with E-state index in [1.807, 2.05) is 13.8 Å². The molecule has 1 fully saturated rings. The highest BCUT2D eigenvalue weighted by Gasteiger charge is 2.36. The highest BCUT2D eigenvalue weighted by molar-refractivity contribution is 7.91. The third-order valence-corrected chi connectivity index (χ3v) is 9.02. The average molecular weight is 563 g/mol. The van der Waals surface area contributed by atoms with Crippen LogP contribution in [0.1, 0.15) is 62.5 Å². The lowest BCUT2D eigenvalue weighted by molar-refractivity contribution is -0.138. The first-order chi connectivity index (χ1) is 17.3. The molecule has 7 nitrogen and oxygen atoms in total. The van der Waals surface area contributed by atoms with Crippen LogP contribution in [0.15, 0.2) is 18.2 Å². The molecule has 1 aromatic heterocycles. The van der Waals surface area contributed by atoms with Gasteiger partial charge in [0, 0.05) is 30.6 Å². The number of benzene rings is 1. The minimum atomic E-state index is -4.37. The van der Waals surface area contributed by atoms with Crippen LogP contribution in [0.3, 0.4) is 0 Å². The molecule has 0 saturated heterocycles. The molecule has 37 heavy (non-hydrogen) atoms. The molecular formula is C25H34ClF3N4O3S. The van der Waals surface area contributed by atoms with Crippen molar-refractivity contribution < 1.29 is 26.4 Å². The highest BCUT2D eigenvalue weighted by Crippen LogP contribution is 2.36. The summed E-state index contributed by atoms with van der Waals surface area (Å²) in [5.74, 6) is -0.238. The molecule has 3 rings (SSSR count). The van der Waals surface area contributed by atoms with Crippen molar-refractivity contribution in [2.45, 2.75) is 76.9 Å². The summed E-state index contributed by atoms with van der Waals surface area (Å²) >= 11 is 6.67. The molecule has 0 radical (unpaired) electrons. The van der Waals surface area contributed by atoms with Crippen LogP contribution in [-0.2, 0) is 22.8 Å². The van der Waals surface area contributed by atoms with E-state index in [0.29, 0.717) is 62.1 Å². The number of hydrogen-bond acceptors (Lipinski definition) is 5. The summed E-state index contributed by atoms with van der Waals surface area (Å²) in [6, 6.07) is 3.21. The van der Waals surface area contributed by atoms with E-state index >= 15 is 0 Å². The van der Waals surface area contributed by atoms with Crippen LogP contribution in [0.4, 0.5) is 18.9 Å². The average Bonchev–Trinajstić information content (AvgIpc) is 3.17. The Hall–Kier alpha value is -2.27. The van der Waals surface area contributed by atoms with Gasteiger partial charge in [-0.25, -0.2) is 8.42 Å². The summed E-state index contributed by atoms with van der Waals surface area (Å²) in [5, 5.41) is 9.65. The van der Waals surface area contributed by atoms with Crippen LogP contribution in [0, 0.1) is 5.92 Å². The number of nitrogens with zero attached hydrogens (tertiary/aromatic N) is 2. The largest absolute Gasteiger partial charge is 0.408 e. The van der Waals surface area contributed by atoms with E-state index in [1.165, 1.54) is 6.26 Å². The van der Waals surface area contributed by atoms with Gasteiger partial charge in [0.15, 0.2) is 5.69 Å². The highest BCUT2D eigenvalue weighted by atomic mass is 35.5. The Balaban J connectivity index is 1.78. The second-order valence-corrected chi connectivity index (χ2v) is 12.3. The number of rotatable bonds is 9. The normalized spacial score (nSPS) is 19.5. The van der Waals surface area contributed by atoms with E-state index in [2.05, 4.69) is 15.7 Å². The Labute approximate surface area is 221 Å². The number of carbonyl (C=O) groups excluding carboxylic acids is 1. The van der Waals surface area contributed by atoms with Gasteiger partial charge in [0.05, 0.1) is 16.0 Å². The number of halogens is 4. The lowest BCUT2D eigenvalue weighted by Gasteiger charge is -2.27. The zero-order valence-corrected chi connectivity index (χ0v) is 23.0. The van der Waals surface area contributed by atoms with Gasteiger partial charge < -0.3 is 10.6 Å². The number of aryl methyl sites for hydroxylation is 2. The molecule has 1 aromatic carbocycles. The van der Waals surface area contributed by atoms with E-state index in [9.17, 15) is 26.4 Å². The number of alkyl halides is 3. The Morgan fingerprint density at radius 1 is 1.22 bits per heavy atom.